The van der Waals surface area contributed by atoms with E-state index in [2.05, 4.69) is 11.1 Å². The normalized spacial score (nSPS) is 12.1. The van der Waals surface area contributed by atoms with Crippen LogP contribution in [0.2, 0.25) is 0 Å². The summed E-state index contributed by atoms with van der Waals surface area (Å²) in [5, 5.41) is 9.06. The first-order valence-electron chi connectivity index (χ1n) is 5.85. The lowest BCUT2D eigenvalue weighted by Gasteiger charge is -2.19. The number of aromatic nitrogens is 2. The van der Waals surface area contributed by atoms with Crippen molar-refractivity contribution in [1.29, 1.82) is 5.26 Å². The zero-order chi connectivity index (χ0) is 14.2. The van der Waals surface area contributed by atoms with Gasteiger partial charge in [0, 0.05) is 14.1 Å². The second kappa shape index (κ2) is 4.61. The predicted molar refractivity (Wildman–Crippen MR) is 72.3 cm³/mol. The number of nitrogen functional groups attached to an aromatic ring is 1. The quantitative estimate of drug-likeness (QED) is 0.873. The van der Waals surface area contributed by atoms with Crippen molar-refractivity contribution in [2.24, 2.45) is 0 Å². The monoisotopic (exact) mass is 257 g/mol. The Labute approximate surface area is 111 Å². The lowest BCUT2D eigenvalue weighted by Crippen LogP contribution is -2.30. The molecule has 1 aromatic carbocycles. The van der Waals surface area contributed by atoms with Crippen LogP contribution in [0.15, 0.2) is 18.2 Å². The van der Waals surface area contributed by atoms with Gasteiger partial charge in [-0.2, -0.15) is 5.26 Å². The zero-order valence-corrected chi connectivity index (χ0v) is 11.1. The summed E-state index contributed by atoms with van der Waals surface area (Å²) in [6.45, 7) is 1.76. The van der Waals surface area contributed by atoms with E-state index < -0.39 is 6.04 Å². The van der Waals surface area contributed by atoms with Crippen LogP contribution in [0, 0.1) is 11.3 Å². The van der Waals surface area contributed by atoms with E-state index in [0.717, 1.165) is 0 Å². The predicted octanol–water partition coefficient (Wildman–Crippen LogP) is 1.14. The van der Waals surface area contributed by atoms with Crippen molar-refractivity contribution in [3.8, 4) is 6.07 Å². The molecule has 0 radical (unpaired) electrons. The number of carbonyl (C=O) groups excluding carboxylic acids is 1. The Morgan fingerprint density at radius 3 is 2.79 bits per heavy atom. The summed E-state index contributed by atoms with van der Waals surface area (Å²) in [4.78, 5) is 17.7. The molecular formula is C13H15N5O. The zero-order valence-electron chi connectivity index (χ0n) is 11.1. The molecule has 6 heteroatoms. The fourth-order valence-corrected chi connectivity index (χ4v) is 2.12. The largest absolute Gasteiger partial charge is 0.369 e. The fraction of sp³-hybridized carbons (Fsp3) is 0.308. The third-order valence-electron chi connectivity index (χ3n) is 3.05. The number of benzene rings is 1. The van der Waals surface area contributed by atoms with Gasteiger partial charge in [-0.15, -0.1) is 0 Å². The van der Waals surface area contributed by atoms with Gasteiger partial charge in [-0.25, -0.2) is 4.98 Å². The number of hydrogen-bond acceptors (Lipinski definition) is 4. The highest BCUT2D eigenvalue weighted by Gasteiger charge is 2.22. The van der Waals surface area contributed by atoms with Gasteiger partial charge in [-0.1, -0.05) is 6.07 Å². The molecule has 19 heavy (non-hydrogen) atoms. The molecule has 0 aliphatic heterocycles. The molecule has 2 aromatic rings. The molecule has 1 heterocycles. The Morgan fingerprint density at radius 2 is 2.21 bits per heavy atom. The van der Waals surface area contributed by atoms with Crippen molar-refractivity contribution in [2.45, 2.75) is 13.0 Å². The number of hydrogen-bond donors (Lipinski definition) is 1. The van der Waals surface area contributed by atoms with Crippen LogP contribution in [-0.4, -0.2) is 34.5 Å². The lowest BCUT2D eigenvalue weighted by atomic mass is 10.2. The third kappa shape index (κ3) is 1.99. The molecule has 98 valence electrons. The van der Waals surface area contributed by atoms with Crippen LogP contribution >= 0.6 is 0 Å². The van der Waals surface area contributed by atoms with Crippen LogP contribution in [0.5, 0.6) is 0 Å². The van der Waals surface area contributed by atoms with Gasteiger partial charge in [0.1, 0.15) is 17.6 Å². The molecular weight excluding hydrogens is 242 g/mol. The molecule has 1 aromatic heterocycles. The highest BCUT2D eigenvalue weighted by atomic mass is 16.2. The number of para-hydroxylation sites is 1. The van der Waals surface area contributed by atoms with Gasteiger partial charge in [0.05, 0.1) is 11.1 Å². The molecule has 0 aliphatic carbocycles. The minimum Gasteiger partial charge on any atom is -0.369 e. The number of carbonyl (C=O) groups is 1. The average Bonchev–Trinajstić information content (AvgIpc) is 2.72. The van der Waals surface area contributed by atoms with Crippen molar-refractivity contribution in [1.82, 2.24) is 14.5 Å². The lowest BCUT2D eigenvalue weighted by molar-refractivity contribution is -0.131. The summed E-state index contributed by atoms with van der Waals surface area (Å²) in [6.07, 6.45) is 0. The maximum absolute atomic E-state index is 12.0. The summed E-state index contributed by atoms with van der Waals surface area (Å²) in [7, 11) is 3.38. The number of nitriles is 1. The molecule has 0 bridgehead atoms. The van der Waals surface area contributed by atoms with Gasteiger partial charge in [0.2, 0.25) is 11.9 Å². The number of imidazole rings is 1. The second-order valence-corrected chi connectivity index (χ2v) is 4.53. The van der Waals surface area contributed by atoms with Crippen LogP contribution in [0.25, 0.3) is 11.0 Å². The highest BCUT2D eigenvalue weighted by Crippen LogP contribution is 2.25. The maximum Gasteiger partial charge on any atom is 0.244 e. The minimum atomic E-state index is -0.464. The molecule has 1 atom stereocenters. The number of amides is 1. The summed E-state index contributed by atoms with van der Waals surface area (Å²) >= 11 is 0. The van der Waals surface area contributed by atoms with E-state index in [1.807, 2.05) is 0 Å². The van der Waals surface area contributed by atoms with E-state index >= 15 is 0 Å². The fourth-order valence-electron chi connectivity index (χ4n) is 2.12. The minimum absolute atomic E-state index is 0.0756. The molecule has 2 rings (SSSR count). The third-order valence-corrected chi connectivity index (χ3v) is 3.05. The second-order valence-electron chi connectivity index (χ2n) is 4.53. The van der Waals surface area contributed by atoms with Gasteiger partial charge in [0.15, 0.2) is 0 Å². The molecule has 1 amide bonds. The molecule has 0 aliphatic rings. The molecule has 0 fully saturated rings. The van der Waals surface area contributed by atoms with Crippen LogP contribution in [0.3, 0.4) is 0 Å². The van der Waals surface area contributed by atoms with Gasteiger partial charge in [-0.3, -0.25) is 9.36 Å². The van der Waals surface area contributed by atoms with E-state index in [1.54, 1.807) is 43.8 Å². The Kier molecular flexibility index (Phi) is 3.13. The first-order chi connectivity index (χ1) is 8.97. The summed E-state index contributed by atoms with van der Waals surface area (Å²) in [6, 6.07) is 6.85. The Hall–Kier alpha value is -2.55. The van der Waals surface area contributed by atoms with Crippen molar-refractivity contribution in [2.75, 3.05) is 19.8 Å². The maximum atomic E-state index is 12.0. The smallest absolute Gasteiger partial charge is 0.244 e. The van der Waals surface area contributed by atoms with Crippen molar-refractivity contribution in [3.05, 3.63) is 23.8 Å². The van der Waals surface area contributed by atoms with E-state index in [4.69, 9.17) is 11.0 Å². The van der Waals surface area contributed by atoms with Crippen LogP contribution < -0.4 is 5.73 Å². The Balaban J connectivity index is 2.65. The molecule has 2 N–H and O–H groups in total. The first kappa shape index (κ1) is 12.9. The number of rotatable bonds is 2. The Bertz CT molecular complexity index is 680. The molecule has 6 nitrogen and oxygen atoms in total. The number of likely N-dealkylation sites (N-methyl/N-ethyl adjacent to an activating group) is 1. The molecule has 0 saturated heterocycles. The van der Waals surface area contributed by atoms with Gasteiger partial charge < -0.3 is 10.6 Å². The van der Waals surface area contributed by atoms with Crippen molar-refractivity contribution in [3.63, 3.8) is 0 Å². The van der Waals surface area contributed by atoms with E-state index in [9.17, 15) is 4.79 Å². The van der Waals surface area contributed by atoms with Crippen LogP contribution in [0.4, 0.5) is 5.95 Å². The number of anilines is 1. The van der Waals surface area contributed by atoms with E-state index in [1.165, 1.54) is 4.90 Å². The summed E-state index contributed by atoms with van der Waals surface area (Å²) in [5.74, 6) is 0.161. The van der Waals surface area contributed by atoms with E-state index in [0.29, 0.717) is 16.6 Å². The van der Waals surface area contributed by atoms with Gasteiger partial charge in [0.25, 0.3) is 0 Å². The molecule has 0 saturated carbocycles. The van der Waals surface area contributed by atoms with Crippen LogP contribution in [-0.2, 0) is 4.79 Å². The molecule has 1 unspecified atom stereocenters. The topological polar surface area (TPSA) is 87.9 Å². The Morgan fingerprint density at radius 1 is 1.53 bits per heavy atom. The van der Waals surface area contributed by atoms with Gasteiger partial charge in [-0.05, 0) is 19.1 Å². The number of nitrogens with zero attached hydrogens (tertiary/aromatic N) is 4. The number of fused-ring (bicyclic) bond motifs is 1. The van der Waals surface area contributed by atoms with Crippen molar-refractivity contribution < 1.29 is 4.79 Å². The van der Waals surface area contributed by atoms with E-state index in [-0.39, 0.29) is 11.9 Å². The van der Waals surface area contributed by atoms with Crippen LogP contribution in [0.1, 0.15) is 18.5 Å². The number of nitrogens with two attached hydrogens (primary N) is 1. The summed E-state index contributed by atoms with van der Waals surface area (Å²) in [5.41, 5.74) is 7.56. The van der Waals surface area contributed by atoms with Gasteiger partial charge >= 0.3 is 0 Å². The SMILES string of the molecule is CC(C(=O)N(C)C)n1c(N)nc2c(C#N)cccc21. The first-order valence-corrected chi connectivity index (χ1v) is 5.85. The molecule has 0 spiro atoms. The summed E-state index contributed by atoms with van der Waals surface area (Å²) < 4.78 is 1.65. The van der Waals surface area contributed by atoms with Crippen molar-refractivity contribution >= 4 is 22.9 Å². The standard InChI is InChI=1S/C13H15N5O/c1-8(12(19)17(2)3)18-10-6-4-5-9(7-14)11(10)16-13(18)15/h4-6,8H,1-3H3,(H2,15,16). The average molecular weight is 257 g/mol. The highest BCUT2D eigenvalue weighted by molar-refractivity contribution is 5.88.